The van der Waals surface area contributed by atoms with Gasteiger partial charge in [-0.2, -0.15) is 0 Å². The lowest BCUT2D eigenvalue weighted by atomic mass is 9.87. The van der Waals surface area contributed by atoms with Gasteiger partial charge in [-0.15, -0.1) is 0 Å². The van der Waals surface area contributed by atoms with Crippen molar-refractivity contribution in [3.63, 3.8) is 0 Å². The van der Waals surface area contributed by atoms with Crippen molar-refractivity contribution in [1.29, 1.82) is 0 Å². The minimum Gasteiger partial charge on any atom is -0.489 e. The fraction of sp³-hybridized carbons (Fsp3) is 0.290. The first-order valence-electron chi connectivity index (χ1n) is 12.7. The molecule has 2 aromatic heterocycles. The molecule has 4 aromatic rings. The first-order chi connectivity index (χ1) is 17.7. The number of para-hydroxylation sites is 2. The molecular weight excluding hydrogens is 448 g/mol. The number of hydrogen-bond acceptors (Lipinski definition) is 5. The average molecular weight is 481 g/mol. The van der Waals surface area contributed by atoms with Crippen LogP contribution in [0.1, 0.15) is 43.7 Å². The first kappa shape index (κ1) is 24.2. The van der Waals surface area contributed by atoms with E-state index in [9.17, 15) is 5.11 Å². The highest BCUT2D eigenvalue weighted by Gasteiger charge is 2.31. The van der Waals surface area contributed by atoms with E-state index in [-0.39, 0.29) is 6.10 Å². The third kappa shape index (κ3) is 5.48. The van der Waals surface area contributed by atoms with Gasteiger partial charge in [0, 0.05) is 28.7 Å². The minimum atomic E-state index is -0.551. The van der Waals surface area contributed by atoms with E-state index in [0.29, 0.717) is 26.1 Å². The zero-order valence-electron chi connectivity index (χ0n) is 20.6. The van der Waals surface area contributed by atoms with E-state index >= 15 is 0 Å². The van der Waals surface area contributed by atoms with Crippen molar-refractivity contribution in [1.82, 2.24) is 9.97 Å². The van der Waals surface area contributed by atoms with E-state index in [2.05, 4.69) is 34.3 Å². The van der Waals surface area contributed by atoms with Gasteiger partial charge in [0.1, 0.15) is 12.4 Å². The van der Waals surface area contributed by atoms with Gasteiger partial charge in [0.05, 0.1) is 29.3 Å². The number of benzene rings is 2. The monoisotopic (exact) mass is 480 g/mol. The summed E-state index contributed by atoms with van der Waals surface area (Å²) < 4.78 is 12.9. The summed E-state index contributed by atoms with van der Waals surface area (Å²) in [4.78, 5) is 8.93. The molecule has 0 radical (unpaired) electrons. The zero-order valence-corrected chi connectivity index (χ0v) is 20.6. The number of rotatable bonds is 10. The van der Waals surface area contributed by atoms with E-state index in [4.69, 9.17) is 9.47 Å². The second-order valence-corrected chi connectivity index (χ2v) is 9.37. The van der Waals surface area contributed by atoms with E-state index in [0.717, 1.165) is 51.5 Å². The number of aliphatic hydroxyl groups is 1. The number of pyridine rings is 2. The van der Waals surface area contributed by atoms with Gasteiger partial charge in [-0.25, -0.2) is 0 Å². The predicted octanol–water partition coefficient (Wildman–Crippen LogP) is 6.65. The van der Waals surface area contributed by atoms with Gasteiger partial charge in [-0.05, 0) is 67.7 Å². The number of aromatic nitrogens is 2. The molecule has 2 aromatic carbocycles. The summed E-state index contributed by atoms with van der Waals surface area (Å²) in [7, 11) is 0. The molecule has 0 saturated carbocycles. The van der Waals surface area contributed by atoms with Gasteiger partial charge < -0.3 is 14.6 Å². The lowest BCUT2D eigenvalue weighted by Crippen LogP contribution is -2.33. The van der Waals surface area contributed by atoms with Crippen LogP contribution in [0.4, 0.5) is 0 Å². The Kier molecular flexibility index (Phi) is 7.40. The summed E-state index contributed by atoms with van der Waals surface area (Å²) >= 11 is 0. The fourth-order valence-corrected chi connectivity index (χ4v) is 4.74. The smallest absolute Gasteiger partial charge is 0.118 e. The second-order valence-electron chi connectivity index (χ2n) is 9.37. The first-order valence-corrected chi connectivity index (χ1v) is 12.7. The van der Waals surface area contributed by atoms with Crippen LogP contribution in [0.3, 0.4) is 0 Å². The number of fused-ring (bicyclic) bond motifs is 2. The van der Waals surface area contributed by atoms with E-state index in [1.165, 1.54) is 0 Å². The summed E-state index contributed by atoms with van der Waals surface area (Å²) in [6, 6.07) is 20.3. The van der Waals surface area contributed by atoms with Crippen LogP contribution in [0.15, 0.2) is 97.0 Å². The highest BCUT2D eigenvalue weighted by Crippen LogP contribution is 2.34. The molecule has 0 saturated heterocycles. The van der Waals surface area contributed by atoms with Crippen LogP contribution in [0.25, 0.3) is 21.8 Å². The molecule has 0 bridgehead atoms. The van der Waals surface area contributed by atoms with Crippen molar-refractivity contribution in [2.45, 2.75) is 57.5 Å². The van der Waals surface area contributed by atoms with Crippen molar-refractivity contribution < 1.29 is 14.6 Å². The normalized spacial score (nSPS) is 18.3. The highest BCUT2D eigenvalue weighted by atomic mass is 16.5. The van der Waals surface area contributed by atoms with Gasteiger partial charge in [-0.1, -0.05) is 49.4 Å². The summed E-state index contributed by atoms with van der Waals surface area (Å²) in [5.74, 6) is 0.785. The molecule has 2 unspecified atom stereocenters. The molecule has 1 N–H and O–H groups in total. The van der Waals surface area contributed by atoms with Crippen LogP contribution in [0.2, 0.25) is 0 Å². The van der Waals surface area contributed by atoms with Crippen molar-refractivity contribution in [3.05, 3.63) is 108 Å². The maximum Gasteiger partial charge on any atom is 0.118 e. The molecular formula is C31H32N2O3. The highest BCUT2D eigenvalue weighted by molar-refractivity contribution is 5.82. The Hall–Kier alpha value is -3.54. The zero-order chi connectivity index (χ0) is 24.8. The molecule has 0 aliphatic heterocycles. The third-order valence-corrected chi connectivity index (χ3v) is 6.91. The van der Waals surface area contributed by atoms with Crippen LogP contribution in [-0.4, -0.2) is 26.8 Å². The van der Waals surface area contributed by atoms with Crippen molar-refractivity contribution in [2.24, 2.45) is 0 Å². The summed E-state index contributed by atoms with van der Waals surface area (Å²) in [6.45, 7) is 2.91. The van der Waals surface area contributed by atoms with Crippen LogP contribution >= 0.6 is 0 Å². The van der Waals surface area contributed by atoms with Crippen molar-refractivity contribution in [2.75, 3.05) is 0 Å². The number of aliphatic hydroxyl groups excluding tert-OH is 1. The molecule has 5 nitrogen and oxygen atoms in total. The quantitative estimate of drug-likeness (QED) is 0.275. The molecule has 0 fully saturated rings. The molecule has 1 aliphatic rings. The summed E-state index contributed by atoms with van der Waals surface area (Å²) in [6.07, 6.45) is 12.4. The van der Waals surface area contributed by atoms with Crippen LogP contribution in [-0.2, 0) is 22.7 Å². The van der Waals surface area contributed by atoms with Gasteiger partial charge in [0.25, 0.3) is 0 Å². The Morgan fingerprint density at radius 2 is 1.53 bits per heavy atom. The Morgan fingerprint density at radius 3 is 2.19 bits per heavy atom. The van der Waals surface area contributed by atoms with Crippen LogP contribution in [0.5, 0.6) is 0 Å². The molecule has 184 valence electrons. The largest absolute Gasteiger partial charge is 0.489 e. The number of ether oxygens (including phenoxy) is 2. The van der Waals surface area contributed by atoms with Crippen molar-refractivity contribution >= 4 is 21.8 Å². The number of nitrogens with zero attached hydrogens (tertiary/aromatic N) is 2. The van der Waals surface area contributed by atoms with Gasteiger partial charge in [-0.3, -0.25) is 9.97 Å². The lowest BCUT2D eigenvalue weighted by molar-refractivity contribution is -0.0359. The molecule has 0 amide bonds. The topological polar surface area (TPSA) is 64.5 Å². The minimum absolute atomic E-state index is 0.348. The number of hydrogen-bond donors (Lipinski definition) is 1. The summed E-state index contributed by atoms with van der Waals surface area (Å²) in [5.41, 5.74) is 3.57. The number of allylic oxidation sites excluding steroid dienone is 1. The van der Waals surface area contributed by atoms with E-state index in [1.54, 1.807) is 0 Å². The average Bonchev–Trinajstić information content (AvgIpc) is 2.94. The van der Waals surface area contributed by atoms with Gasteiger partial charge in [0.2, 0.25) is 0 Å². The maximum atomic E-state index is 10.3. The lowest BCUT2D eigenvalue weighted by Gasteiger charge is -2.34. The van der Waals surface area contributed by atoms with E-state index < -0.39 is 5.60 Å². The molecule has 0 spiro atoms. The van der Waals surface area contributed by atoms with Gasteiger partial charge >= 0.3 is 0 Å². The molecule has 1 aliphatic carbocycles. The van der Waals surface area contributed by atoms with Crippen molar-refractivity contribution in [3.8, 4) is 0 Å². The SMILES string of the molecule is CCC(O)CCC1(OCc2ccnc3ccccc23)C=C(OCc2ccnc3ccccc23)C=CC1. The van der Waals surface area contributed by atoms with Crippen LogP contribution < -0.4 is 0 Å². The predicted molar refractivity (Wildman–Crippen MR) is 143 cm³/mol. The Bertz CT molecular complexity index is 1390. The maximum absolute atomic E-state index is 10.3. The second kappa shape index (κ2) is 11.0. The Balaban J connectivity index is 1.37. The molecule has 36 heavy (non-hydrogen) atoms. The Morgan fingerprint density at radius 1 is 0.889 bits per heavy atom. The molecule has 2 atom stereocenters. The molecule has 5 heteroatoms. The van der Waals surface area contributed by atoms with E-state index in [1.807, 2.05) is 73.9 Å². The van der Waals surface area contributed by atoms with Gasteiger partial charge in [0.15, 0.2) is 0 Å². The fourth-order valence-electron chi connectivity index (χ4n) is 4.74. The molecule has 5 rings (SSSR count). The summed E-state index contributed by atoms with van der Waals surface area (Å²) in [5, 5.41) is 12.5. The third-order valence-electron chi connectivity index (χ3n) is 6.91. The standard InChI is InChI=1S/C31H32N2O3/c1-2-25(34)13-17-31(36-22-24-15-19-33-30-12-6-4-10-28(24)30)16-7-8-26(20-31)35-21-23-14-18-32-29-11-5-3-9-27(23)29/h3-12,14-15,18-20,25,34H,2,13,16-17,21-22H2,1H3. The molecule has 2 heterocycles. The Labute approximate surface area is 212 Å². The van der Waals surface area contributed by atoms with Crippen LogP contribution in [0, 0.1) is 0 Å².